The first-order chi connectivity index (χ1) is 12.8. The number of hydrogen-bond acceptors (Lipinski definition) is 2. The molecule has 1 aliphatic carbocycles. The van der Waals surface area contributed by atoms with Crippen LogP contribution >= 0.6 is 0 Å². The van der Waals surface area contributed by atoms with Gasteiger partial charge in [0.25, 0.3) is 0 Å². The molecule has 0 bridgehead atoms. The number of carbonyl (C=O) groups excluding carboxylic acids is 1. The van der Waals surface area contributed by atoms with Crippen LogP contribution in [-0.4, -0.2) is 12.6 Å². The minimum atomic E-state index is -0.310. The van der Waals surface area contributed by atoms with E-state index in [1.807, 2.05) is 43.3 Å². The molecule has 2 heteroatoms. The molecule has 0 atom stereocenters. The predicted octanol–water partition coefficient (Wildman–Crippen LogP) is 6.09. The third-order valence-corrected chi connectivity index (χ3v) is 4.90. The Morgan fingerprint density at radius 2 is 2.00 bits per heavy atom. The van der Waals surface area contributed by atoms with E-state index >= 15 is 0 Å². The lowest BCUT2D eigenvalue weighted by Gasteiger charge is -2.31. The SMILES string of the molecule is CCOC(=O)C=C(C)C=Cc1ccccc1C#CC1=C(C)CCCC1(C)C. The van der Waals surface area contributed by atoms with E-state index in [1.54, 1.807) is 6.92 Å². The minimum Gasteiger partial charge on any atom is -0.463 e. The van der Waals surface area contributed by atoms with Crippen LogP contribution in [0.25, 0.3) is 6.08 Å². The van der Waals surface area contributed by atoms with Crippen molar-refractivity contribution in [2.45, 2.75) is 53.9 Å². The summed E-state index contributed by atoms with van der Waals surface area (Å²) in [5.41, 5.74) is 5.75. The first-order valence-electron chi connectivity index (χ1n) is 9.68. The van der Waals surface area contributed by atoms with E-state index in [0.717, 1.165) is 23.1 Å². The molecule has 2 rings (SSSR count). The van der Waals surface area contributed by atoms with Crippen molar-refractivity contribution < 1.29 is 9.53 Å². The van der Waals surface area contributed by atoms with Crippen LogP contribution in [-0.2, 0) is 9.53 Å². The van der Waals surface area contributed by atoms with Gasteiger partial charge in [0, 0.05) is 17.2 Å². The van der Waals surface area contributed by atoms with Gasteiger partial charge in [0.05, 0.1) is 6.61 Å². The number of rotatable bonds is 4. The molecule has 27 heavy (non-hydrogen) atoms. The molecular weight excluding hydrogens is 332 g/mol. The second kappa shape index (κ2) is 9.42. The van der Waals surface area contributed by atoms with Crippen molar-refractivity contribution in [2.24, 2.45) is 5.41 Å². The maximum atomic E-state index is 11.5. The summed E-state index contributed by atoms with van der Waals surface area (Å²) >= 11 is 0. The molecule has 0 saturated carbocycles. The maximum absolute atomic E-state index is 11.5. The third-order valence-electron chi connectivity index (χ3n) is 4.90. The van der Waals surface area contributed by atoms with Crippen molar-refractivity contribution in [1.82, 2.24) is 0 Å². The number of carbonyl (C=O) groups is 1. The molecule has 0 saturated heterocycles. The first-order valence-corrected chi connectivity index (χ1v) is 9.68. The Bertz CT molecular complexity index is 839. The lowest BCUT2D eigenvalue weighted by molar-refractivity contribution is -0.137. The molecule has 142 valence electrons. The molecule has 0 heterocycles. The zero-order valence-corrected chi connectivity index (χ0v) is 17.2. The molecule has 1 aliphatic rings. The van der Waals surface area contributed by atoms with Crippen molar-refractivity contribution in [3.63, 3.8) is 0 Å². The summed E-state index contributed by atoms with van der Waals surface area (Å²) in [7, 11) is 0. The summed E-state index contributed by atoms with van der Waals surface area (Å²) < 4.78 is 4.95. The Balaban J connectivity index is 2.28. The van der Waals surface area contributed by atoms with Crippen molar-refractivity contribution in [3.8, 4) is 11.8 Å². The van der Waals surface area contributed by atoms with Gasteiger partial charge in [0.1, 0.15) is 0 Å². The van der Waals surface area contributed by atoms with Gasteiger partial charge in [0.15, 0.2) is 0 Å². The lowest BCUT2D eigenvalue weighted by atomic mass is 9.73. The standard InChI is InChI=1S/C25H30O2/c1-6-27-24(26)18-19(2)13-14-21-11-7-8-12-22(21)15-16-23-20(3)10-9-17-25(23,4)5/h7-8,11-14,18H,6,9-10,17H2,1-5H3. The molecular formula is C25H30O2. The maximum Gasteiger partial charge on any atom is 0.330 e. The quantitative estimate of drug-likeness (QED) is 0.280. The third kappa shape index (κ3) is 6.00. The summed E-state index contributed by atoms with van der Waals surface area (Å²) in [6.07, 6.45) is 9.01. The summed E-state index contributed by atoms with van der Waals surface area (Å²) in [5, 5.41) is 0. The van der Waals surface area contributed by atoms with Crippen LogP contribution in [0.15, 0.2) is 53.1 Å². The lowest BCUT2D eigenvalue weighted by Crippen LogP contribution is -2.19. The van der Waals surface area contributed by atoms with Crippen LogP contribution < -0.4 is 0 Å². The molecule has 0 aromatic heterocycles. The molecule has 0 radical (unpaired) electrons. The van der Waals surface area contributed by atoms with Gasteiger partial charge in [-0.2, -0.15) is 0 Å². The van der Waals surface area contributed by atoms with Crippen LogP contribution in [0, 0.1) is 17.3 Å². The number of esters is 1. The van der Waals surface area contributed by atoms with Gasteiger partial charge in [0.2, 0.25) is 0 Å². The molecule has 0 unspecified atom stereocenters. The normalized spacial score (nSPS) is 16.9. The molecule has 0 aliphatic heterocycles. The first kappa shape index (κ1) is 20.8. The molecule has 0 N–H and O–H groups in total. The molecule has 0 spiro atoms. The van der Waals surface area contributed by atoms with Crippen LogP contribution in [0.4, 0.5) is 0 Å². The van der Waals surface area contributed by atoms with Crippen molar-refractivity contribution in [3.05, 3.63) is 64.3 Å². The Morgan fingerprint density at radius 3 is 2.70 bits per heavy atom. The van der Waals surface area contributed by atoms with E-state index in [9.17, 15) is 4.79 Å². The van der Waals surface area contributed by atoms with Gasteiger partial charge >= 0.3 is 5.97 Å². The minimum absolute atomic E-state index is 0.152. The fraction of sp³-hybridized carbons (Fsp3) is 0.400. The average molecular weight is 363 g/mol. The van der Waals surface area contributed by atoms with Crippen molar-refractivity contribution >= 4 is 12.0 Å². The Labute approximate surface area is 164 Å². The average Bonchev–Trinajstić information content (AvgIpc) is 2.60. The van der Waals surface area contributed by atoms with E-state index in [1.165, 1.54) is 30.1 Å². The molecule has 0 fully saturated rings. The number of benzene rings is 1. The molecule has 2 nitrogen and oxygen atoms in total. The van der Waals surface area contributed by atoms with Gasteiger partial charge < -0.3 is 4.74 Å². The summed E-state index contributed by atoms with van der Waals surface area (Å²) in [6.45, 7) is 10.9. The second-order valence-electron chi connectivity index (χ2n) is 7.70. The van der Waals surface area contributed by atoms with E-state index in [-0.39, 0.29) is 11.4 Å². The van der Waals surface area contributed by atoms with Crippen LogP contribution in [0.3, 0.4) is 0 Å². The number of ether oxygens (including phenoxy) is 1. The second-order valence-corrected chi connectivity index (χ2v) is 7.70. The smallest absolute Gasteiger partial charge is 0.330 e. The van der Waals surface area contributed by atoms with Gasteiger partial charge in [-0.05, 0) is 62.7 Å². The molecule has 0 amide bonds. The van der Waals surface area contributed by atoms with Crippen LogP contribution in [0.1, 0.15) is 65.0 Å². The fourth-order valence-electron chi connectivity index (χ4n) is 3.42. The van der Waals surface area contributed by atoms with E-state index in [2.05, 4.69) is 32.6 Å². The zero-order valence-electron chi connectivity index (χ0n) is 17.2. The highest BCUT2D eigenvalue weighted by molar-refractivity contribution is 5.83. The highest BCUT2D eigenvalue weighted by atomic mass is 16.5. The predicted molar refractivity (Wildman–Crippen MR) is 113 cm³/mol. The van der Waals surface area contributed by atoms with Crippen molar-refractivity contribution in [2.75, 3.05) is 6.61 Å². The van der Waals surface area contributed by atoms with Gasteiger partial charge in [-0.3, -0.25) is 0 Å². The van der Waals surface area contributed by atoms with E-state index < -0.39 is 0 Å². The number of hydrogen-bond donors (Lipinski definition) is 0. The Morgan fingerprint density at radius 1 is 1.26 bits per heavy atom. The van der Waals surface area contributed by atoms with Crippen LogP contribution in [0.2, 0.25) is 0 Å². The van der Waals surface area contributed by atoms with Crippen molar-refractivity contribution in [1.29, 1.82) is 0 Å². The highest BCUT2D eigenvalue weighted by Crippen LogP contribution is 2.39. The van der Waals surface area contributed by atoms with Gasteiger partial charge in [-0.1, -0.05) is 61.6 Å². The number of allylic oxidation sites excluding steroid dienone is 4. The molecule has 1 aromatic rings. The topological polar surface area (TPSA) is 26.3 Å². The van der Waals surface area contributed by atoms with Gasteiger partial charge in [-0.25, -0.2) is 4.79 Å². The van der Waals surface area contributed by atoms with E-state index in [4.69, 9.17) is 4.74 Å². The Hall–Kier alpha value is -2.53. The monoisotopic (exact) mass is 362 g/mol. The van der Waals surface area contributed by atoms with E-state index in [0.29, 0.717) is 6.61 Å². The highest BCUT2D eigenvalue weighted by Gasteiger charge is 2.27. The molecule has 1 aromatic carbocycles. The summed E-state index contributed by atoms with van der Waals surface area (Å²) in [5.74, 6) is 6.54. The summed E-state index contributed by atoms with van der Waals surface area (Å²) in [4.78, 5) is 11.5. The Kier molecular flexibility index (Phi) is 7.25. The summed E-state index contributed by atoms with van der Waals surface area (Å²) in [6, 6.07) is 8.11. The zero-order chi connectivity index (χ0) is 19.9. The van der Waals surface area contributed by atoms with Gasteiger partial charge in [-0.15, -0.1) is 0 Å². The largest absolute Gasteiger partial charge is 0.463 e. The van der Waals surface area contributed by atoms with Crippen LogP contribution in [0.5, 0.6) is 0 Å². The fourth-order valence-corrected chi connectivity index (χ4v) is 3.42.